The van der Waals surface area contributed by atoms with E-state index >= 15 is 0 Å². The summed E-state index contributed by atoms with van der Waals surface area (Å²) in [7, 11) is 0. The fourth-order valence-corrected chi connectivity index (χ4v) is 7.48. The molecule has 7 rings (SSSR count). The van der Waals surface area contributed by atoms with Gasteiger partial charge in [-0.15, -0.1) is 0 Å². The number of hydrogen-bond donors (Lipinski definition) is 0. The van der Waals surface area contributed by atoms with E-state index in [1.165, 1.54) is 54.4 Å². The highest BCUT2D eigenvalue weighted by atomic mass is 35.5. The number of fused-ring (bicyclic) bond motifs is 3. The second-order valence-corrected chi connectivity index (χ2v) is 9.43. The maximum absolute atomic E-state index is 6.47. The van der Waals surface area contributed by atoms with Crippen LogP contribution in [0.1, 0.15) is 43.2 Å². The van der Waals surface area contributed by atoms with Gasteiger partial charge < -0.3 is 0 Å². The van der Waals surface area contributed by atoms with Crippen molar-refractivity contribution in [1.29, 1.82) is 0 Å². The van der Waals surface area contributed by atoms with E-state index in [-0.39, 0.29) is 5.41 Å². The highest BCUT2D eigenvalue weighted by Gasteiger charge is 2.61. The van der Waals surface area contributed by atoms with Gasteiger partial charge in [-0.3, -0.25) is 0 Å². The van der Waals surface area contributed by atoms with Crippen molar-refractivity contribution >= 4 is 23.2 Å². The van der Waals surface area contributed by atoms with E-state index < -0.39 is 0 Å². The van der Waals surface area contributed by atoms with Crippen LogP contribution in [0.15, 0.2) is 36.4 Å². The molecule has 0 nitrogen and oxygen atoms in total. The average Bonchev–Trinajstić information content (AvgIpc) is 2.81. The molecule has 5 aliphatic carbocycles. The minimum absolute atomic E-state index is 0.174. The van der Waals surface area contributed by atoms with Gasteiger partial charge in [0, 0.05) is 15.5 Å². The molecule has 2 aromatic rings. The second kappa shape index (κ2) is 4.59. The lowest BCUT2D eigenvalue weighted by Crippen LogP contribution is -2.55. The summed E-state index contributed by atoms with van der Waals surface area (Å²) in [5.41, 5.74) is 5.98. The van der Waals surface area contributed by atoms with Crippen molar-refractivity contribution in [3.8, 4) is 11.1 Å². The highest BCUT2D eigenvalue weighted by molar-refractivity contribution is 6.31. The predicted molar refractivity (Wildman–Crippen MR) is 99.7 cm³/mol. The van der Waals surface area contributed by atoms with Gasteiger partial charge in [0.15, 0.2) is 0 Å². The first-order valence-corrected chi connectivity index (χ1v) is 10.0. The Labute approximate surface area is 153 Å². The van der Waals surface area contributed by atoms with Gasteiger partial charge in [-0.25, -0.2) is 0 Å². The second-order valence-electron chi connectivity index (χ2n) is 8.55. The topological polar surface area (TPSA) is 0 Å². The van der Waals surface area contributed by atoms with Crippen LogP contribution in [0.3, 0.4) is 0 Å². The maximum Gasteiger partial charge on any atom is 0.0409 e. The van der Waals surface area contributed by atoms with Gasteiger partial charge in [-0.1, -0.05) is 35.3 Å². The molecule has 0 aromatic heterocycles. The fraction of sp³-hybridized carbons (Fsp3) is 0.455. The summed E-state index contributed by atoms with van der Waals surface area (Å²) in [5.74, 6) is 3.46. The first kappa shape index (κ1) is 14.2. The van der Waals surface area contributed by atoms with Crippen LogP contribution in [0.25, 0.3) is 11.1 Å². The van der Waals surface area contributed by atoms with Gasteiger partial charge in [0.05, 0.1) is 0 Å². The Bertz CT molecular complexity index is 785. The Morgan fingerprint density at radius 2 is 1.12 bits per heavy atom. The monoisotopic (exact) mass is 354 g/mol. The Morgan fingerprint density at radius 1 is 0.667 bits per heavy atom. The van der Waals surface area contributed by atoms with Crippen LogP contribution in [-0.4, -0.2) is 0 Å². The third-order valence-corrected chi connectivity index (χ3v) is 8.04. The average molecular weight is 355 g/mol. The van der Waals surface area contributed by atoms with E-state index in [2.05, 4.69) is 24.3 Å². The summed E-state index contributed by atoms with van der Waals surface area (Å²) < 4.78 is 0. The number of benzene rings is 2. The number of halogens is 2. The van der Waals surface area contributed by atoms with Crippen molar-refractivity contribution in [1.82, 2.24) is 0 Å². The Hall–Kier alpha value is -0.980. The molecule has 0 radical (unpaired) electrons. The lowest BCUT2D eigenvalue weighted by molar-refractivity contribution is -0.0399. The molecular formula is C22H20Cl2. The molecule has 0 unspecified atom stereocenters. The van der Waals surface area contributed by atoms with E-state index in [0.29, 0.717) is 0 Å². The molecule has 0 N–H and O–H groups in total. The molecule has 2 aromatic carbocycles. The highest BCUT2D eigenvalue weighted by Crippen LogP contribution is 2.69. The van der Waals surface area contributed by atoms with Gasteiger partial charge in [0.1, 0.15) is 0 Å². The zero-order valence-electron chi connectivity index (χ0n) is 13.6. The first-order chi connectivity index (χ1) is 11.7. The van der Waals surface area contributed by atoms with E-state index in [1.807, 2.05) is 12.1 Å². The lowest BCUT2D eigenvalue weighted by Gasteiger charge is -2.61. The molecule has 1 spiro atoms. The van der Waals surface area contributed by atoms with Gasteiger partial charge in [0.2, 0.25) is 0 Å². The predicted octanol–water partition coefficient (Wildman–Crippen LogP) is 6.72. The molecule has 122 valence electrons. The summed E-state index contributed by atoms with van der Waals surface area (Å²) in [6.45, 7) is 0. The van der Waals surface area contributed by atoms with Crippen LogP contribution < -0.4 is 0 Å². The summed E-state index contributed by atoms with van der Waals surface area (Å²) in [6.07, 6.45) is 7.06. The minimum Gasteiger partial charge on any atom is -0.0843 e. The summed E-state index contributed by atoms with van der Waals surface area (Å²) in [6, 6.07) is 13.1. The molecule has 0 saturated heterocycles. The zero-order valence-corrected chi connectivity index (χ0v) is 15.1. The van der Waals surface area contributed by atoms with Crippen LogP contribution in [0, 0.1) is 23.7 Å². The van der Waals surface area contributed by atoms with Gasteiger partial charge in [-0.2, -0.15) is 0 Å². The molecule has 4 saturated carbocycles. The van der Waals surface area contributed by atoms with Crippen LogP contribution in [0.2, 0.25) is 10.0 Å². The van der Waals surface area contributed by atoms with Crippen molar-refractivity contribution in [2.75, 3.05) is 0 Å². The molecule has 0 atom stereocenters. The molecule has 24 heavy (non-hydrogen) atoms. The molecule has 0 amide bonds. The standard InChI is InChI=1S/C22H20Cl2/c23-16-1-3-18-19-4-2-17(24)11-21(19)22(20(18)10-16)14-6-12-5-13(8-14)9-15(22)7-12/h1-4,10-15H,5-9H2. The number of rotatable bonds is 0. The SMILES string of the molecule is Clc1ccc2c(c1)C1(c3cc(Cl)ccc3-2)C2CC3CC(C2)CC1C3. The molecule has 4 bridgehead atoms. The van der Waals surface area contributed by atoms with Gasteiger partial charge in [-0.05, 0) is 102 Å². The first-order valence-electron chi connectivity index (χ1n) is 9.26. The zero-order chi connectivity index (χ0) is 16.1. The largest absolute Gasteiger partial charge is 0.0843 e. The van der Waals surface area contributed by atoms with Crippen molar-refractivity contribution in [3.63, 3.8) is 0 Å². The smallest absolute Gasteiger partial charge is 0.0409 e. The van der Waals surface area contributed by atoms with Gasteiger partial charge >= 0.3 is 0 Å². The van der Waals surface area contributed by atoms with Crippen molar-refractivity contribution in [3.05, 3.63) is 57.6 Å². The Morgan fingerprint density at radius 3 is 1.58 bits per heavy atom. The maximum atomic E-state index is 6.47. The molecule has 4 fully saturated rings. The third-order valence-electron chi connectivity index (χ3n) is 7.57. The quantitative estimate of drug-likeness (QED) is 0.492. The third kappa shape index (κ3) is 1.58. The molecule has 0 aliphatic heterocycles. The summed E-state index contributed by atoms with van der Waals surface area (Å²) in [4.78, 5) is 0. The van der Waals surface area contributed by atoms with Crippen LogP contribution in [0.4, 0.5) is 0 Å². The summed E-state index contributed by atoms with van der Waals surface area (Å²) in [5, 5.41) is 1.75. The van der Waals surface area contributed by atoms with E-state index in [4.69, 9.17) is 23.2 Å². The Kier molecular flexibility index (Phi) is 2.72. The van der Waals surface area contributed by atoms with Crippen molar-refractivity contribution < 1.29 is 0 Å². The minimum atomic E-state index is 0.174. The van der Waals surface area contributed by atoms with E-state index in [0.717, 1.165) is 33.7 Å². The van der Waals surface area contributed by atoms with Crippen molar-refractivity contribution in [2.24, 2.45) is 23.7 Å². The van der Waals surface area contributed by atoms with Crippen LogP contribution >= 0.6 is 23.2 Å². The molecular weight excluding hydrogens is 335 g/mol. The normalized spacial score (nSPS) is 33.8. The number of hydrogen-bond acceptors (Lipinski definition) is 0. The molecule has 0 heterocycles. The molecule has 5 aliphatic rings. The summed E-state index contributed by atoms with van der Waals surface area (Å²) >= 11 is 12.9. The Balaban J connectivity index is 1.69. The fourth-order valence-electron chi connectivity index (χ4n) is 7.14. The lowest BCUT2D eigenvalue weighted by atomic mass is 9.43. The van der Waals surface area contributed by atoms with Crippen molar-refractivity contribution in [2.45, 2.75) is 37.5 Å². The molecule has 2 heteroatoms. The van der Waals surface area contributed by atoms with E-state index in [1.54, 1.807) is 0 Å². The van der Waals surface area contributed by atoms with Crippen LogP contribution in [0.5, 0.6) is 0 Å². The van der Waals surface area contributed by atoms with Gasteiger partial charge in [0.25, 0.3) is 0 Å². The van der Waals surface area contributed by atoms with E-state index in [9.17, 15) is 0 Å². The van der Waals surface area contributed by atoms with Crippen LogP contribution in [-0.2, 0) is 5.41 Å².